The van der Waals surface area contributed by atoms with Crippen LogP contribution in [-0.4, -0.2) is 47.7 Å². The molecule has 1 aliphatic carbocycles. The zero-order valence-corrected chi connectivity index (χ0v) is 21.1. The van der Waals surface area contributed by atoms with Gasteiger partial charge in [-0.05, 0) is 55.5 Å². The van der Waals surface area contributed by atoms with Crippen LogP contribution in [0.4, 0.5) is 5.00 Å². The lowest BCUT2D eigenvalue weighted by molar-refractivity contribution is 0.268. The molecular weight excluding hydrogens is 454 g/mol. The van der Waals surface area contributed by atoms with Crippen molar-refractivity contribution in [2.75, 3.05) is 32.1 Å². The number of methoxy groups -OCH3 is 1. The Labute approximate surface area is 210 Å². The maximum atomic E-state index is 5.31. The summed E-state index contributed by atoms with van der Waals surface area (Å²) in [5.41, 5.74) is 3.62. The highest BCUT2D eigenvalue weighted by atomic mass is 32.1. The topological polar surface area (TPSA) is 62.3 Å². The number of hydrogen-bond donors (Lipinski definition) is 2. The molecule has 0 bridgehead atoms. The number of ether oxygens (including phenoxy) is 1. The van der Waals surface area contributed by atoms with Crippen LogP contribution in [0.3, 0.4) is 0 Å². The van der Waals surface area contributed by atoms with Crippen LogP contribution in [0.1, 0.15) is 54.3 Å². The lowest BCUT2D eigenvalue weighted by atomic mass is 10.0. The van der Waals surface area contributed by atoms with Gasteiger partial charge in [0.15, 0.2) is 0 Å². The van der Waals surface area contributed by atoms with Gasteiger partial charge in [-0.25, -0.2) is 4.98 Å². The minimum absolute atomic E-state index is 0.419. The summed E-state index contributed by atoms with van der Waals surface area (Å²) in [5.74, 6) is 1.52. The van der Waals surface area contributed by atoms with Crippen molar-refractivity contribution in [3.05, 3.63) is 69.4 Å². The number of thiazole rings is 1. The summed E-state index contributed by atoms with van der Waals surface area (Å²) in [6.07, 6.45) is 11.3. The number of fused-ring (bicyclic) bond motifs is 2. The number of benzene rings is 1. The Morgan fingerprint density at radius 2 is 2.00 bits per heavy atom. The van der Waals surface area contributed by atoms with E-state index in [9.17, 15) is 0 Å². The van der Waals surface area contributed by atoms with Crippen molar-refractivity contribution >= 4 is 28.2 Å². The van der Waals surface area contributed by atoms with Gasteiger partial charge in [0.1, 0.15) is 16.4 Å². The molecule has 1 saturated carbocycles. The first-order valence-corrected chi connectivity index (χ1v) is 13.6. The molecule has 35 heavy (non-hydrogen) atoms. The number of nitrogens with zero attached hydrogens (tertiary/aromatic N) is 3. The van der Waals surface area contributed by atoms with E-state index < -0.39 is 0 Å². The van der Waals surface area contributed by atoms with Gasteiger partial charge in [0.2, 0.25) is 0 Å². The molecule has 182 valence electrons. The molecule has 3 aliphatic rings. The standard InChI is InChI=1S/C28H33N5OS/c1-34-23-12-9-19(10-13-23)8-11-22-18-33(16-15-29-22)26-24-21(7-4-14-30-24)17-31-28-25(26)32-27(35-28)20-5-2-3-6-20/h4,7,9-10,12-14,17,20,22,29,31H,2-3,5-6,8,11,15-16,18H2,1H3. The van der Waals surface area contributed by atoms with Crippen molar-refractivity contribution in [3.63, 3.8) is 0 Å². The van der Waals surface area contributed by atoms with Crippen LogP contribution in [0.2, 0.25) is 0 Å². The Hall–Kier alpha value is -2.90. The van der Waals surface area contributed by atoms with Crippen LogP contribution in [0.15, 0.2) is 42.6 Å². The third kappa shape index (κ3) is 4.67. The molecule has 1 unspecified atom stereocenters. The number of piperazine rings is 1. The molecule has 7 heteroatoms. The highest BCUT2D eigenvalue weighted by Gasteiger charge is 2.29. The second kappa shape index (κ2) is 9.99. The van der Waals surface area contributed by atoms with Gasteiger partial charge < -0.3 is 20.3 Å². The first-order valence-electron chi connectivity index (χ1n) is 12.8. The molecule has 6 rings (SSSR count). The van der Waals surface area contributed by atoms with Crippen molar-refractivity contribution in [1.29, 1.82) is 0 Å². The van der Waals surface area contributed by atoms with E-state index in [4.69, 9.17) is 14.7 Å². The Kier molecular flexibility index (Phi) is 6.44. The zero-order chi connectivity index (χ0) is 23.6. The summed E-state index contributed by atoms with van der Waals surface area (Å²) in [4.78, 5) is 12.7. The van der Waals surface area contributed by atoms with E-state index in [0.717, 1.165) is 59.5 Å². The van der Waals surface area contributed by atoms with Gasteiger partial charge in [0.05, 0.1) is 23.2 Å². The van der Waals surface area contributed by atoms with Crippen LogP contribution >= 0.6 is 11.3 Å². The van der Waals surface area contributed by atoms with Crippen LogP contribution < -0.4 is 25.9 Å². The molecule has 1 saturated heterocycles. The van der Waals surface area contributed by atoms with Gasteiger partial charge in [0, 0.05) is 49.2 Å². The molecule has 0 amide bonds. The second-order valence-corrected chi connectivity index (χ2v) is 10.8. The Morgan fingerprint density at radius 3 is 2.83 bits per heavy atom. The second-order valence-electron chi connectivity index (χ2n) is 9.77. The van der Waals surface area contributed by atoms with Gasteiger partial charge in [-0.3, -0.25) is 4.98 Å². The van der Waals surface area contributed by atoms with Crippen molar-refractivity contribution in [2.45, 2.75) is 50.5 Å². The molecule has 1 atom stereocenters. The number of anilines is 1. The Balaban J connectivity index is 1.29. The van der Waals surface area contributed by atoms with Gasteiger partial charge in [0.25, 0.3) is 0 Å². The van der Waals surface area contributed by atoms with E-state index in [1.165, 1.54) is 42.0 Å². The molecule has 2 aromatic heterocycles. The molecule has 4 heterocycles. The van der Waals surface area contributed by atoms with Gasteiger partial charge in [-0.1, -0.05) is 25.0 Å². The number of nitrogens with one attached hydrogen (secondary N) is 2. The summed E-state index contributed by atoms with van der Waals surface area (Å²) in [6, 6.07) is 13.0. The maximum absolute atomic E-state index is 5.31. The fraction of sp³-hybridized carbons (Fsp3) is 0.429. The van der Waals surface area contributed by atoms with Gasteiger partial charge in [-0.15, -0.1) is 11.3 Å². The van der Waals surface area contributed by atoms with Crippen molar-refractivity contribution in [1.82, 2.24) is 20.2 Å². The van der Waals surface area contributed by atoms with Gasteiger partial charge >= 0.3 is 0 Å². The van der Waals surface area contributed by atoms with E-state index in [1.54, 1.807) is 7.11 Å². The molecule has 3 aromatic rings. The van der Waals surface area contributed by atoms with Crippen molar-refractivity contribution in [2.24, 2.45) is 0 Å². The van der Waals surface area contributed by atoms with Crippen LogP contribution in [-0.2, 0) is 6.42 Å². The maximum Gasteiger partial charge on any atom is 0.124 e. The first-order chi connectivity index (χ1) is 17.3. The summed E-state index contributed by atoms with van der Waals surface area (Å²) < 4.78 is 5.31. The first kappa shape index (κ1) is 22.6. The van der Waals surface area contributed by atoms with Crippen LogP contribution in [0.5, 0.6) is 5.75 Å². The highest BCUT2D eigenvalue weighted by Crippen LogP contribution is 2.41. The summed E-state index contributed by atoms with van der Waals surface area (Å²) in [5, 5.41) is 11.9. The molecule has 2 N–H and O–H groups in total. The van der Waals surface area contributed by atoms with E-state index in [0.29, 0.717) is 12.0 Å². The van der Waals surface area contributed by atoms with E-state index >= 15 is 0 Å². The smallest absolute Gasteiger partial charge is 0.124 e. The van der Waals surface area contributed by atoms with E-state index in [-0.39, 0.29) is 0 Å². The lowest BCUT2D eigenvalue weighted by Gasteiger charge is -2.36. The lowest BCUT2D eigenvalue weighted by Crippen LogP contribution is -2.52. The van der Waals surface area contributed by atoms with Gasteiger partial charge in [-0.2, -0.15) is 0 Å². The fourth-order valence-electron chi connectivity index (χ4n) is 5.58. The zero-order valence-electron chi connectivity index (χ0n) is 20.3. The molecule has 2 fully saturated rings. The Bertz CT molecular complexity index is 1300. The number of hydrogen-bond acceptors (Lipinski definition) is 7. The molecule has 2 aliphatic heterocycles. The monoisotopic (exact) mass is 487 g/mol. The average molecular weight is 488 g/mol. The molecular formula is C28H33N5OS. The predicted molar refractivity (Wildman–Crippen MR) is 142 cm³/mol. The molecule has 0 radical (unpaired) electrons. The molecule has 1 aromatic carbocycles. The third-order valence-electron chi connectivity index (χ3n) is 7.51. The minimum Gasteiger partial charge on any atom is -0.497 e. The summed E-state index contributed by atoms with van der Waals surface area (Å²) >= 11 is 1.84. The number of aryl methyl sites for hydroxylation is 1. The summed E-state index contributed by atoms with van der Waals surface area (Å²) in [7, 11) is 1.71. The fourth-order valence-corrected chi connectivity index (χ4v) is 6.69. The van der Waals surface area contributed by atoms with Crippen molar-refractivity contribution < 1.29 is 4.74 Å². The number of rotatable bonds is 6. The van der Waals surface area contributed by atoms with Crippen molar-refractivity contribution in [3.8, 4) is 5.75 Å². The molecule has 0 spiro atoms. The predicted octanol–water partition coefficient (Wildman–Crippen LogP) is 3.43. The quantitative estimate of drug-likeness (QED) is 0.556. The van der Waals surface area contributed by atoms with E-state index in [1.807, 2.05) is 23.6 Å². The average Bonchev–Trinajstić information content (AvgIpc) is 3.56. The van der Waals surface area contributed by atoms with Crippen LogP contribution in [0.25, 0.3) is 11.9 Å². The van der Waals surface area contributed by atoms with Crippen LogP contribution in [0, 0.1) is 0 Å². The summed E-state index contributed by atoms with van der Waals surface area (Å²) in [6.45, 7) is 2.88. The number of pyridine rings is 1. The third-order valence-corrected chi connectivity index (χ3v) is 8.66. The minimum atomic E-state index is 0.419. The van der Waals surface area contributed by atoms with E-state index in [2.05, 4.69) is 52.1 Å². The molecule has 6 nitrogen and oxygen atoms in total. The Morgan fingerprint density at radius 1 is 1.14 bits per heavy atom. The number of aromatic nitrogens is 2. The largest absolute Gasteiger partial charge is 0.497 e. The SMILES string of the molecule is COc1ccc(CCC2CN(C3=c4ncccc4=CNc4sc(C5CCCC5)nc43)CCN2)cc1. The highest BCUT2D eigenvalue weighted by molar-refractivity contribution is 7.16. The normalized spacial score (nSPS) is 20.0.